The van der Waals surface area contributed by atoms with Gasteiger partial charge in [0.2, 0.25) is 0 Å². The van der Waals surface area contributed by atoms with E-state index in [0.717, 1.165) is 16.7 Å². The Morgan fingerprint density at radius 3 is 2.31 bits per heavy atom. The SMILES string of the molecule is COc1cc(C)c(/C(O)=C2\C(=O)C(=O)N(c3ccccc3C)C2c2ccc(C)o2)cc1C. The van der Waals surface area contributed by atoms with Gasteiger partial charge in [0.05, 0.1) is 12.7 Å². The number of rotatable bonds is 4. The Labute approximate surface area is 186 Å². The number of para-hydroxylation sites is 1. The fourth-order valence-corrected chi connectivity index (χ4v) is 4.19. The van der Waals surface area contributed by atoms with Crippen LogP contribution >= 0.6 is 0 Å². The lowest BCUT2D eigenvalue weighted by molar-refractivity contribution is -0.132. The number of hydrogen-bond acceptors (Lipinski definition) is 5. The summed E-state index contributed by atoms with van der Waals surface area (Å²) in [4.78, 5) is 27.9. The maximum absolute atomic E-state index is 13.2. The number of methoxy groups -OCH3 is 1. The van der Waals surface area contributed by atoms with Crippen LogP contribution in [0.25, 0.3) is 5.76 Å². The Morgan fingerprint density at radius 2 is 1.69 bits per heavy atom. The van der Waals surface area contributed by atoms with Crippen molar-refractivity contribution in [2.75, 3.05) is 12.0 Å². The Hall–Kier alpha value is -3.80. The molecule has 32 heavy (non-hydrogen) atoms. The van der Waals surface area contributed by atoms with Crippen LogP contribution < -0.4 is 9.64 Å². The molecule has 1 N–H and O–H groups in total. The van der Waals surface area contributed by atoms with Gasteiger partial charge in [0.25, 0.3) is 11.7 Å². The van der Waals surface area contributed by atoms with E-state index in [9.17, 15) is 14.7 Å². The Morgan fingerprint density at radius 1 is 0.969 bits per heavy atom. The Bertz CT molecular complexity index is 1270. The van der Waals surface area contributed by atoms with Crippen LogP contribution in [0.2, 0.25) is 0 Å². The van der Waals surface area contributed by atoms with E-state index < -0.39 is 17.7 Å². The Balaban J connectivity index is 1.98. The quantitative estimate of drug-likeness (QED) is 0.351. The van der Waals surface area contributed by atoms with Crippen molar-refractivity contribution in [1.29, 1.82) is 0 Å². The highest BCUT2D eigenvalue weighted by Crippen LogP contribution is 2.44. The summed E-state index contributed by atoms with van der Waals surface area (Å²) in [6.07, 6.45) is 0. The van der Waals surface area contributed by atoms with Crippen LogP contribution in [0.3, 0.4) is 0 Å². The van der Waals surface area contributed by atoms with Gasteiger partial charge in [-0.2, -0.15) is 0 Å². The summed E-state index contributed by atoms with van der Waals surface area (Å²) in [5.74, 6) is 0.0426. The van der Waals surface area contributed by atoms with Gasteiger partial charge in [0.15, 0.2) is 0 Å². The molecule has 1 amide bonds. The number of hydrogen-bond donors (Lipinski definition) is 1. The molecular weight excluding hydrogens is 406 g/mol. The fraction of sp³-hybridized carbons (Fsp3) is 0.231. The predicted molar refractivity (Wildman–Crippen MR) is 122 cm³/mol. The van der Waals surface area contributed by atoms with Gasteiger partial charge in [0.1, 0.15) is 29.1 Å². The number of nitrogens with zero attached hydrogens (tertiary/aromatic N) is 1. The van der Waals surface area contributed by atoms with Gasteiger partial charge >= 0.3 is 0 Å². The van der Waals surface area contributed by atoms with Gasteiger partial charge in [-0.25, -0.2) is 0 Å². The maximum atomic E-state index is 13.2. The number of Topliss-reactive ketones (excluding diaryl/α,β-unsaturated/α-hetero) is 1. The van der Waals surface area contributed by atoms with E-state index in [1.54, 1.807) is 44.4 Å². The first-order chi connectivity index (χ1) is 15.2. The lowest BCUT2D eigenvalue weighted by atomic mass is 9.95. The number of carbonyl (C=O) groups is 2. The van der Waals surface area contributed by atoms with E-state index in [4.69, 9.17) is 9.15 Å². The molecule has 0 bridgehead atoms. The van der Waals surface area contributed by atoms with E-state index in [1.165, 1.54) is 4.90 Å². The number of ketones is 1. The van der Waals surface area contributed by atoms with Crippen molar-refractivity contribution in [1.82, 2.24) is 0 Å². The van der Waals surface area contributed by atoms with Crippen LogP contribution in [0.15, 0.2) is 58.5 Å². The molecular formula is C26H25NO5. The molecule has 1 unspecified atom stereocenters. The summed E-state index contributed by atoms with van der Waals surface area (Å²) >= 11 is 0. The fourth-order valence-electron chi connectivity index (χ4n) is 4.19. The van der Waals surface area contributed by atoms with Crippen LogP contribution in [-0.4, -0.2) is 23.9 Å². The zero-order valence-corrected chi connectivity index (χ0v) is 18.7. The topological polar surface area (TPSA) is 80.0 Å². The number of aliphatic hydroxyl groups is 1. The average Bonchev–Trinajstić information content (AvgIpc) is 3.30. The van der Waals surface area contributed by atoms with Gasteiger partial charge in [-0.15, -0.1) is 0 Å². The third-order valence-electron chi connectivity index (χ3n) is 5.85. The van der Waals surface area contributed by atoms with E-state index in [0.29, 0.717) is 28.5 Å². The van der Waals surface area contributed by atoms with Crippen LogP contribution in [-0.2, 0) is 9.59 Å². The van der Waals surface area contributed by atoms with Crippen molar-refractivity contribution in [3.63, 3.8) is 0 Å². The molecule has 1 fully saturated rings. The molecule has 6 nitrogen and oxygen atoms in total. The molecule has 2 heterocycles. The van der Waals surface area contributed by atoms with Crippen molar-refractivity contribution < 1.29 is 23.8 Å². The third-order valence-corrected chi connectivity index (χ3v) is 5.85. The summed E-state index contributed by atoms with van der Waals surface area (Å²) < 4.78 is 11.2. The van der Waals surface area contributed by atoms with Crippen molar-refractivity contribution in [3.8, 4) is 5.75 Å². The smallest absolute Gasteiger partial charge is 0.300 e. The highest BCUT2D eigenvalue weighted by molar-refractivity contribution is 6.51. The number of carbonyl (C=O) groups excluding carboxylic acids is 2. The second kappa shape index (κ2) is 8.04. The maximum Gasteiger partial charge on any atom is 0.300 e. The van der Waals surface area contributed by atoms with Crippen LogP contribution in [0, 0.1) is 27.7 Å². The second-order valence-electron chi connectivity index (χ2n) is 8.04. The average molecular weight is 431 g/mol. The lowest BCUT2D eigenvalue weighted by Gasteiger charge is -2.25. The molecule has 1 aromatic heterocycles. The molecule has 1 aliphatic heterocycles. The summed E-state index contributed by atoms with van der Waals surface area (Å²) in [5, 5.41) is 11.3. The second-order valence-corrected chi connectivity index (χ2v) is 8.04. The first-order valence-corrected chi connectivity index (χ1v) is 10.3. The van der Waals surface area contributed by atoms with Gasteiger partial charge < -0.3 is 14.3 Å². The molecule has 164 valence electrons. The molecule has 0 aliphatic carbocycles. The number of amides is 1. The zero-order chi connectivity index (χ0) is 23.2. The number of benzene rings is 2. The third kappa shape index (κ3) is 3.38. The minimum Gasteiger partial charge on any atom is -0.507 e. The van der Waals surface area contributed by atoms with Crippen molar-refractivity contribution in [2.24, 2.45) is 0 Å². The van der Waals surface area contributed by atoms with E-state index in [1.807, 2.05) is 39.0 Å². The standard InChI is InChI=1S/C26H25NO5/c1-14-8-6-7-9-19(14)27-23(20-11-10-17(4)32-20)22(25(29)26(27)30)24(28)18-12-16(3)21(31-5)13-15(18)2/h6-13,23,28H,1-5H3/b24-22+. The van der Waals surface area contributed by atoms with Crippen LogP contribution in [0.5, 0.6) is 5.75 Å². The molecule has 1 aliphatic rings. The number of ether oxygens (including phenoxy) is 1. The molecule has 1 saturated heterocycles. The van der Waals surface area contributed by atoms with E-state index >= 15 is 0 Å². The summed E-state index contributed by atoms with van der Waals surface area (Å²) in [6.45, 7) is 7.34. The van der Waals surface area contributed by atoms with Crippen LogP contribution in [0.1, 0.15) is 39.8 Å². The predicted octanol–water partition coefficient (Wildman–Crippen LogP) is 5.15. The van der Waals surface area contributed by atoms with E-state index in [-0.39, 0.29) is 11.3 Å². The molecule has 2 aromatic carbocycles. The molecule has 0 radical (unpaired) electrons. The van der Waals surface area contributed by atoms with Gasteiger partial charge in [0, 0.05) is 11.3 Å². The van der Waals surface area contributed by atoms with Crippen molar-refractivity contribution >= 4 is 23.1 Å². The monoisotopic (exact) mass is 431 g/mol. The molecule has 6 heteroatoms. The number of furan rings is 1. The summed E-state index contributed by atoms with van der Waals surface area (Å²) in [7, 11) is 1.58. The van der Waals surface area contributed by atoms with Crippen LogP contribution in [0.4, 0.5) is 5.69 Å². The van der Waals surface area contributed by atoms with Gasteiger partial charge in [-0.1, -0.05) is 18.2 Å². The van der Waals surface area contributed by atoms with Crippen molar-refractivity contribution in [3.05, 3.63) is 87.9 Å². The molecule has 3 aromatic rings. The minimum absolute atomic E-state index is 0.000250. The van der Waals surface area contributed by atoms with Gasteiger partial charge in [-0.3, -0.25) is 14.5 Å². The largest absolute Gasteiger partial charge is 0.507 e. The first-order valence-electron chi connectivity index (χ1n) is 10.3. The lowest BCUT2D eigenvalue weighted by Crippen LogP contribution is -2.29. The zero-order valence-electron chi connectivity index (χ0n) is 18.7. The minimum atomic E-state index is -0.883. The summed E-state index contributed by atoms with van der Waals surface area (Å²) in [5.41, 5.74) is 3.42. The number of anilines is 1. The molecule has 0 saturated carbocycles. The Kier molecular flexibility index (Phi) is 5.38. The highest BCUT2D eigenvalue weighted by atomic mass is 16.5. The van der Waals surface area contributed by atoms with E-state index in [2.05, 4.69) is 0 Å². The van der Waals surface area contributed by atoms with Crippen molar-refractivity contribution in [2.45, 2.75) is 33.7 Å². The first kappa shape index (κ1) is 21.4. The normalized spacial score (nSPS) is 17.8. The number of aryl methyl sites for hydroxylation is 4. The van der Waals surface area contributed by atoms with Gasteiger partial charge in [-0.05, 0) is 74.7 Å². The molecule has 4 rings (SSSR count). The summed E-state index contributed by atoms with van der Waals surface area (Å²) in [6, 6.07) is 13.5. The molecule has 1 atom stereocenters. The number of aliphatic hydroxyl groups excluding tert-OH is 1. The molecule has 0 spiro atoms. The highest BCUT2D eigenvalue weighted by Gasteiger charge is 2.48.